The van der Waals surface area contributed by atoms with E-state index in [1.165, 1.54) is 0 Å². The first-order chi connectivity index (χ1) is 10.1. The molecule has 0 aliphatic rings. The maximum Gasteiger partial charge on any atom is 0.233 e. The zero-order valence-corrected chi connectivity index (χ0v) is 13.1. The fourth-order valence-electron chi connectivity index (χ4n) is 1.68. The van der Waals surface area contributed by atoms with Gasteiger partial charge >= 0.3 is 0 Å². The molecule has 112 valence electrons. The van der Waals surface area contributed by atoms with Gasteiger partial charge in [-0.2, -0.15) is 0 Å². The minimum absolute atomic E-state index is 0.0175. The van der Waals surface area contributed by atoms with E-state index in [0.29, 0.717) is 25.6 Å². The number of carbonyl (C=O) groups is 1. The third kappa shape index (κ3) is 5.24. The highest BCUT2D eigenvalue weighted by Crippen LogP contribution is 2.20. The summed E-state index contributed by atoms with van der Waals surface area (Å²) in [6.07, 6.45) is 1.76. The van der Waals surface area contributed by atoms with Gasteiger partial charge in [0.2, 0.25) is 5.91 Å². The first-order valence-electron chi connectivity index (χ1n) is 6.98. The summed E-state index contributed by atoms with van der Waals surface area (Å²) in [6, 6.07) is 5.77. The largest absolute Gasteiger partial charge is 0.355 e. The highest BCUT2D eigenvalue weighted by molar-refractivity contribution is 7.13. The summed E-state index contributed by atoms with van der Waals surface area (Å²) in [5.41, 5.74) is 1.81. The zero-order chi connectivity index (χ0) is 15.1. The van der Waals surface area contributed by atoms with Crippen molar-refractivity contribution in [2.45, 2.75) is 20.4 Å². The molecule has 2 heterocycles. The summed E-state index contributed by atoms with van der Waals surface area (Å²) in [5.74, 6) is 0.484. The number of hydrogen-bond acceptors (Lipinski definition) is 5. The van der Waals surface area contributed by atoms with Gasteiger partial charge in [-0.1, -0.05) is 19.9 Å². The van der Waals surface area contributed by atoms with Crippen molar-refractivity contribution in [3.63, 3.8) is 0 Å². The van der Waals surface area contributed by atoms with Crippen LogP contribution in [-0.4, -0.2) is 29.0 Å². The Morgan fingerprint density at radius 2 is 2.24 bits per heavy atom. The van der Waals surface area contributed by atoms with Gasteiger partial charge in [0.05, 0.1) is 17.9 Å². The molecule has 2 rings (SSSR count). The Kier molecular flexibility index (Phi) is 5.83. The second-order valence-corrected chi connectivity index (χ2v) is 6.02. The lowest BCUT2D eigenvalue weighted by Gasteiger charge is -2.07. The van der Waals surface area contributed by atoms with Gasteiger partial charge in [0.1, 0.15) is 5.01 Å². The molecule has 0 bridgehead atoms. The van der Waals surface area contributed by atoms with Crippen LogP contribution < -0.4 is 10.6 Å². The Morgan fingerprint density at radius 3 is 2.95 bits per heavy atom. The van der Waals surface area contributed by atoms with Crippen molar-refractivity contribution in [2.24, 2.45) is 5.92 Å². The van der Waals surface area contributed by atoms with Gasteiger partial charge < -0.3 is 10.6 Å². The molecule has 0 aliphatic carbocycles. The van der Waals surface area contributed by atoms with E-state index in [1.807, 2.05) is 23.6 Å². The average molecular weight is 304 g/mol. The molecule has 2 aromatic heterocycles. The molecule has 2 aromatic rings. The van der Waals surface area contributed by atoms with E-state index in [2.05, 4.69) is 34.4 Å². The number of thiazole rings is 1. The molecule has 0 saturated carbocycles. The summed E-state index contributed by atoms with van der Waals surface area (Å²) in [5, 5.41) is 8.86. The van der Waals surface area contributed by atoms with E-state index in [1.54, 1.807) is 17.5 Å². The molecule has 0 aliphatic heterocycles. The quantitative estimate of drug-likeness (QED) is 0.822. The Bertz CT molecular complexity index is 568. The fraction of sp³-hybridized carbons (Fsp3) is 0.400. The summed E-state index contributed by atoms with van der Waals surface area (Å²) in [6.45, 7) is 5.74. The number of carbonyl (C=O) groups excluding carboxylic acids is 1. The van der Waals surface area contributed by atoms with E-state index in [0.717, 1.165) is 16.4 Å². The summed E-state index contributed by atoms with van der Waals surface area (Å²) < 4.78 is 0. The first-order valence-corrected chi connectivity index (χ1v) is 7.86. The number of aromatic nitrogens is 2. The van der Waals surface area contributed by atoms with Crippen LogP contribution in [-0.2, 0) is 11.3 Å². The zero-order valence-electron chi connectivity index (χ0n) is 12.3. The molecule has 0 atom stereocenters. The highest BCUT2D eigenvalue weighted by atomic mass is 32.1. The Hall–Kier alpha value is -1.79. The van der Waals surface area contributed by atoms with E-state index in [4.69, 9.17) is 0 Å². The highest BCUT2D eigenvalue weighted by Gasteiger charge is 2.06. The summed E-state index contributed by atoms with van der Waals surface area (Å²) in [4.78, 5) is 20.4. The van der Waals surface area contributed by atoms with Gasteiger partial charge in [-0.25, -0.2) is 4.98 Å². The molecule has 5 nitrogen and oxygen atoms in total. The second-order valence-electron chi connectivity index (χ2n) is 5.16. The van der Waals surface area contributed by atoms with Gasteiger partial charge in [-0.05, 0) is 18.1 Å². The lowest BCUT2D eigenvalue weighted by molar-refractivity contribution is -0.120. The number of hydrogen-bond donors (Lipinski definition) is 2. The maximum absolute atomic E-state index is 11.6. The van der Waals surface area contributed by atoms with Crippen LogP contribution in [0.25, 0.3) is 10.7 Å². The molecule has 0 aromatic carbocycles. The topological polar surface area (TPSA) is 66.9 Å². The molecule has 0 spiro atoms. The summed E-state index contributed by atoms with van der Waals surface area (Å²) >= 11 is 1.56. The molecule has 6 heteroatoms. The number of rotatable bonds is 7. The van der Waals surface area contributed by atoms with E-state index < -0.39 is 0 Å². The smallest absolute Gasteiger partial charge is 0.233 e. The SMILES string of the molecule is CC(C)CNC(=O)CNCc1csc(-c2ccccn2)n1. The Morgan fingerprint density at radius 1 is 1.38 bits per heavy atom. The minimum Gasteiger partial charge on any atom is -0.355 e. The molecular weight excluding hydrogens is 284 g/mol. The first kappa shape index (κ1) is 15.6. The number of amides is 1. The van der Waals surface area contributed by atoms with E-state index in [9.17, 15) is 4.79 Å². The third-order valence-electron chi connectivity index (χ3n) is 2.73. The molecule has 0 saturated heterocycles. The van der Waals surface area contributed by atoms with Crippen LogP contribution in [0.4, 0.5) is 0 Å². The number of pyridine rings is 1. The van der Waals surface area contributed by atoms with Crippen molar-refractivity contribution in [1.82, 2.24) is 20.6 Å². The Labute approximate surface area is 128 Å². The normalized spacial score (nSPS) is 10.8. The van der Waals surface area contributed by atoms with Crippen molar-refractivity contribution in [3.8, 4) is 10.7 Å². The monoisotopic (exact) mass is 304 g/mol. The van der Waals surface area contributed by atoms with Gasteiger partial charge in [0.25, 0.3) is 0 Å². The molecule has 0 radical (unpaired) electrons. The lowest BCUT2D eigenvalue weighted by Crippen LogP contribution is -2.35. The maximum atomic E-state index is 11.6. The second kappa shape index (κ2) is 7.85. The molecule has 2 N–H and O–H groups in total. The lowest BCUT2D eigenvalue weighted by atomic mass is 10.2. The molecule has 1 amide bonds. The third-order valence-corrected chi connectivity index (χ3v) is 3.65. The predicted molar refractivity (Wildman–Crippen MR) is 84.9 cm³/mol. The van der Waals surface area contributed by atoms with Crippen LogP contribution in [0.15, 0.2) is 29.8 Å². The fourth-order valence-corrected chi connectivity index (χ4v) is 2.47. The number of nitrogens with zero attached hydrogens (tertiary/aromatic N) is 2. The van der Waals surface area contributed by atoms with E-state index in [-0.39, 0.29) is 5.91 Å². The standard InChI is InChI=1S/C15H20N4OS/c1-11(2)7-18-14(20)9-16-8-12-10-21-15(19-12)13-5-3-4-6-17-13/h3-6,10-11,16H,7-9H2,1-2H3,(H,18,20). The van der Waals surface area contributed by atoms with Crippen LogP contribution in [0.3, 0.4) is 0 Å². The molecule has 0 unspecified atom stereocenters. The molecule has 21 heavy (non-hydrogen) atoms. The predicted octanol–water partition coefficient (Wildman–Crippen LogP) is 2.07. The van der Waals surface area contributed by atoms with Gasteiger partial charge in [0.15, 0.2) is 0 Å². The van der Waals surface area contributed by atoms with Crippen molar-refractivity contribution in [3.05, 3.63) is 35.5 Å². The van der Waals surface area contributed by atoms with Crippen molar-refractivity contribution >= 4 is 17.2 Å². The van der Waals surface area contributed by atoms with Crippen molar-refractivity contribution < 1.29 is 4.79 Å². The van der Waals surface area contributed by atoms with Crippen molar-refractivity contribution in [1.29, 1.82) is 0 Å². The van der Waals surface area contributed by atoms with Crippen LogP contribution in [0, 0.1) is 5.92 Å². The van der Waals surface area contributed by atoms with Crippen molar-refractivity contribution in [2.75, 3.05) is 13.1 Å². The van der Waals surface area contributed by atoms with Gasteiger partial charge in [-0.15, -0.1) is 11.3 Å². The van der Waals surface area contributed by atoms with Gasteiger partial charge in [0, 0.05) is 24.7 Å². The van der Waals surface area contributed by atoms with Crippen LogP contribution in [0.5, 0.6) is 0 Å². The van der Waals surface area contributed by atoms with E-state index >= 15 is 0 Å². The van der Waals surface area contributed by atoms with Crippen LogP contribution >= 0.6 is 11.3 Å². The Balaban J connectivity index is 1.77. The average Bonchev–Trinajstić information content (AvgIpc) is 2.95. The number of nitrogens with one attached hydrogen (secondary N) is 2. The summed E-state index contributed by atoms with van der Waals surface area (Å²) in [7, 11) is 0. The van der Waals surface area contributed by atoms with Crippen LogP contribution in [0.1, 0.15) is 19.5 Å². The van der Waals surface area contributed by atoms with Crippen LogP contribution in [0.2, 0.25) is 0 Å². The molecular formula is C15H20N4OS. The van der Waals surface area contributed by atoms with Gasteiger partial charge in [-0.3, -0.25) is 9.78 Å². The molecule has 0 fully saturated rings. The minimum atomic E-state index is 0.0175.